The highest BCUT2D eigenvalue weighted by molar-refractivity contribution is 5.13. The van der Waals surface area contributed by atoms with E-state index in [0.717, 1.165) is 17.2 Å². The van der Waals surface area contributed by atoms with Crippen molar-refractivity contribution in [1.82, 2.24) is 9.97 Å². The van der Waals surface area contributed by atoms with Crippen molar-refractivity contribution < 1.29 is 0 Å². The lowest BCUT2D eigenvalue weighted by Gasteiger charge is -2.08. The monoisotopic (exact) mass is 165 g/mol. The molecule has 1 unspecified atom stereocenters. The molecular formula is C9H15N3. The Morgan fingerprint density at radius 2 is 2.08 bits per heavy atom. The molecule has 0 aromatic carbocycles. The molecule has 0 radical (unpaired) electrons. The van der Waals surface area contributed by atoms with E-state index in [-0.39, 0.29) is 0 Å². The Bertz CT molecular complexity index is 250. The molecule has 2 N–H and O–H groups in total. The second-order valence-electron chi connectivity index (χ2n) is 3.12. The van der Waals surface area contributed by atoms with Crippen molar-refractivity contribution >= 4 is 0 Å². The molecule has 12 heavy (non-hydrogen) atoms. The smallest absolute Gasteiger partial charge is 0.125 e. The standard InChI is InChI=1S/C9H15N3/c1-6(5-10)9-4-7(2)11-8(3)12-9/h4,6H,5,10H2,1-3H3. The van der Waals surface area contributed by atoms with Crippen molar-refractivity contribution in [2.24, 2.45) is 5.73 Å². The summed E-state index contributed by atoms with van der Waals surface area (Å²) in [5, 5.41) is 0. The summed E-state index contributed by atoms with van der Waals surface area (Å²) in [6.07, 6.45) is 0. The van der Waals surface area contributed by atoms with E-state index in [9.17, 15) is 0 Å². The molecule has 1 heterocycles. The zero-order chi connectivity index (χ0) is 9.14. The Morgan fingerprint density at radius 1 is 1.42 bits per heavy atom. The second-order valence-corrected chi connectivity index (χ2v) is 3.12. The van der Waals surface area contributed by atoms with Crippen molar-refractivity contribution in [3.8, 4) is 0 Å². The van der Waals surface area contributed by atoms with Gasteiger partial charge >= 0.3 is 0 Å². The third kappa shape index (κ3) is 2.01. The largest absolute Gasteiger partial charge is 0.330 e. The van der Waals surface area contributed by atoms with Gasteiger partial charge in [-0.2, -0.15) is 0 Å². The van der Waals surface area contributed by atoms with Crippen molar-refractivity contribution in [3.63, 3.8) is 0 Å². The van der Waals surface area contributed by atoms with Gasteiger partial charge in [0.15, 0.2) is 0 Å². The Morgan fingerprint density at radius 3 is 2.58 bits per heavy atom. The Labute approximate surface area is 73.0 Å². The van der Waals surface area contributed by atoms with Gasteiger partial charge in [-0.05, 0) is 19.9 Å². The van der Waals surface area contributed by atoms with Crippen LogP contribution in [0.25, 0.3) is 0 Å². The summed E-state index contributed by atoms with van der Waals surface area (Å²) in [6, 6.07) is 1.99. The molecule has 0 aliphatic carbocycles. The lowest BCUT2D eigenvalue weighted by molar-refractivity contribution is 0.730. The van der Waals surface area contributed by atoms with Crippen LogP contribution in [0.5, 0.6) is 0 Å². The molecule has 3 nitrogen and oxygen atoms in total. The average molecular weight is 165 g/mol. The first kappa shape index (κ1) is 9.13. The summed E-state index contributed by atoms with van der Waals surface area (Å²) in [7, 11) is 0. The highest BCUT2D eigenvalue weighted by Crippen LogP contribution is 2.11. The Balaban J connectivity index is 3.00. The maximum Gasteiger partial charge on any atom is 0.125 e. The zero-order valence-corrected chi connectivity index (χ0v) is 7.83. The summed E-state index contributed by atoms with van der Waals surface area (Å²) in [5.74, 6) is 1.15. The first-order valence-electron chi connectivity index (χ1n) is 4.15. The topological polar surface area (TPSA) is 51.8 Å². The molecule has 0 saturated heterocycles. The van der Waals surface area contributed by atoms with Crippen LogP contribution in [0.3, 0.4) is 0 Å². The number of hydrogen-bond acceptors (Lipinski definition) is 3. The zero-order valence-electron chi connectivity index (χ0n) is 7.83. The molecule has 0 amide bonds. The molecule has 1 atom stereocenters. The van der Waals surface area contributed by atoms with Gasteiger partial charge in [0.05, 0.1) is 0 Å². The molecule has 0 fully saturated rings. The van der Waals surface area contributed by atoms with Crippen LogP contribution in [-0.2, 0) is 0 Å². The first-order valence-corrected chi connectivity index (χ1v) is 4.15. The molecule has 1 rings (SSSR count). The highest BCUT2D eigenvalue weighted by atomic mass is 14.9. The van der Waals surface area contributed by atoms with Gasteiger partial charge in [-0.3, -0.25) is 0 Å². The number of hydrogen-bond donors (Lipinski definition) is 1. The maximum absolute atomic E-state index is 5.54. The number of nitrogens with zero attached hydrogens (tertiary/aromatic N) is 2. The highest BCUT2D eigenvalue weighted by Gasteiger charge is 2.05. The summed E-state index contributed by atoms with van der Waals surface area (Å²) < 4.78 is 0. The van der Waals surface area contributed by atoms with Crippen LogP contribution in [-0.4, -0.2) is 16.5 Å². The van der Waals surface area contributed by atoms with Crippen LogP contribution in [0, 0.1) is 13.8 Å². The molecule has 0 saturated carbocycles. The minimum Gasteiger partial charge on any atom is -0.330 e. The van der Waals surface area contributed by atoms with E-state index in [1.807, 2.05) is 19.9 Å². The molecule has 0 bridgehead atoms. The van der Waals surface area contributed by atoms with Crippen LogP contribution < -0.4 is 5.73 Å². The third-order valence-electron chi connectivity index (χ3n) is 1.84. The SMILES string of the molecule is Cc1cc(C(C)CN)nc(C)n1. The average Bonchev–Trinajstić information content (AvgIpc) is 2.01. The summed E-state index contributed by atoms with van der Waals surface area (Å²) in [4.78, 5) is 8.51. The maximum atomic E-state index is 5.54. The summed E-state index contributed by atoms with van der Waals surface area (Å²) in [5.41, 5.74) is 7.60. The predicted octanol–water partition coefficient (Wildman–Crippen LogP) is 1.16. The van der Waals surface area contributed by atoms with Gasteiger partial charge in [-0.15, -0.1) is 0 Å². The minimum absolute atomic E-state index is 0.324. The van der Waals surface area contributed by atoms with Gasteiger partial charge in [0, 0.05) is 23.9 Å². The van der Waals surface area contributed by atoms with Gasteiger partial charge in [-0.25, -0.2) is 9.97 Å². The normalized spacial score (nSPS) is 13.0. The van der Waals surface area contributed by atoms with E-state index >= 15 is 0 Å². The molecule has 1 aromatic rings. The summed E-state index contributed by atoms with van der Waals surface area (Å²) in [6.45, 7) is 6.58. The number of aromatic nitrogens is 2. The summed E-state index contributed by atoms with van der Waals surface area (Å²) >= 11 is 0. The van der Waals surface area contributed by atoms with E-state index in [1.54, 1.807) is 0 Å². The van der Waals surface area contributed by atoms with Gasteiger partial charge in [0.25, 0.3) is 0 Å². The Kier molecular flexibility index (Phi) is 2.76. The van der Waals surface area contributed by atoms with E-state index < -0.39 is 0 Å². The van der Waals surface area contributed by atoms with Crippen molar-refractivity contribution in [2.75, 3.05) is 6.54 Å². The quantitative estimate of drug-likeness (QED) is 0.715. The van der Waals surface area contributed by atoms with Crippen LogP contribution in [0.1, 0.15) is 30.1 Å². The third-order valence-corrected chi connectivity index (χ3v) is 1.84. The lowest BCUT2D eigenvalue weighted by Crippen LogP contribution is -2.11. The molecule has 1 aromatic heterocycles. The van der Waals surface area contributed by atoms with Crippen LogP contribution >= 0.6 is 0 Å². The molecule has 0 spiro atoms. The molecule has 0 aliphatic rings. The molecule has 3 heteroatoms. The lowest BCUT2D eigenvalue weighted by atomic mass is 10.1. The fraction of sp³-hybridized carbons (Fsp3) is 0.556. The van der Waals surface area contributed by atoms with Gasteiger partial charge < -0.3 is 5.73 Å². The van der Waals surface area contributed by atoms with Gasteiger partial charge in [0.2, 0.25) is 0 Å². The Hall–Kier alpha value is -0.960. The number of rotatable bonds is 2. The fourth-order valence-corrected chi connectivity index (χ4v) is 1.12. The number of aryl methyl sites for hydroxylation is 2. The van der Waals surface area contributed by atoms with Gasteiger partial charge in [0.1, 0.15) is 5.82 Å². The van der Waals surface area contributed by atoms with Crippen molar-refractivity contribution in [3.05, 3.63) is 23.3 Å². The van der Waals surface area contributed by atoms with E-state index in [1.165, 1.54) is 0 Å². The van der Waals surface area contributed by atoms with E-state index in [0.29, 0.717) is 12.5 Å². The molecule has 66 valence electrons. The van der Waals surface area contributed by atoms with E-state index in [2.05, 4.69) is 16.9 Å². The second kappa shape index (κ2) is 3.63. The van der Waals surface area contributed by atoms with Crippen LogP contribution in [0.4, 0.5) is 0 Å². The minimum atomic E-state index is 0.324. The van der Waals surface area contributed by atoms with Crippen LogP contribution in [0.15, 0.2) is 6.07 Å². The van der Waals surface area contributed by atoms with Crippen molar-refractivity contribution in [1.29, 1.82) is 0 Å². The first-order chi connectivity index (χ1) is 5.63. The predicted molar refractivity (Wildman–Crippen MR) is 49.0 cm³/mol. The molecular weight excluding hydrogens is 150 g/mol. The molecule has 0 aliphatic heterocycles. The van der Waals surface area contributed by atoms with Crippen molar-refractivity contribution in [2.45, 2.75) is 26.7 Å². The van der Waals surface area contributed by atoms with E-state index in [4.69, 9.17) is 5.73 Å². The van der Waals surface area contributed by atoms with Crippen LogP contribution in [0.2, 0.25) is 0 Å². The fourth-order valence-electron chi connectivity index (χ4n) is 1.12. The van der Waals surface area contributed by atoms with Gasteiger partial charge in [-0.1, -0.05) is 6.92 Å². The number of nitrogens with two attached hydrogens (primary N) is 1.